The molecule has 0 saturated heterocycles. The summed E-state index contributed by atoms with van der Waals surface area (Å²) >= 11 is 5.88. The van der Waals surface area contributed by atoms with E-state index in [1.807, 2.05) is 31.2 Å². The number of rotatable bonds is 5. The summed E-state index contributed by atoms with van der Waals surface area (Å²) < 4.78 is 5.44. The average molecular weight is 358 g/mol. The number of phenolic OH excluding ortho intramolecular Hbond substituents is 1. The van der Waals surface area contributed by atoms with Gasteiger partial charge in [0.05, 0.1) is 5.56 Å². The Morgan fingerprint density at radius 2 is 1.80 bits per heavy atom. The fourth-order valence-corrected chi connectivity index (χ4v) is 2.95. The third-order valence-corrected chi connectivity index (χ3v) is 4.76. The van der Waals surface area contributed by atoms with Crippen LogP contribution in [0.3, 0.4) is 0 Å². The second-order valence-corrected chi connectivity index (χ2v) is 6.57. The van der Waals surface area contributed by atoms with Crippen LogP contribution >= 0.6 is 11.6 Å². The molecule has 3 aromatic rings. The smallest absolute Gasteiger partial charge is 0.339 e. The van der Waals surface area contributed by atoms with Crippen molar-refractivity contribution < 1.29 is 9.52 Å². The van der Waals surface area contributed by atoms with Gasteiger partial charge in [-0.15, -0.1) is 0 Å². The summed E-state index contributed by atoms with van der Waals surface area (Å²) in [5.74, 6) is 0.123. The predicted octanol–water partition coefficient (Wildman–Crippen LogP) is 4.10. The van der Waals surface area contributed by atoms with E-state index in [-0.39, 0.29) is 11.4 Å². The number of nitrogens with one attached hydrogen (secondary N) is 1. The number of aryl methyl sites for hydroxylation is 1. The highest BCUT2D eigenvalue weighted by Crippen LogP contribution is 2.29. The number of phenols is 1. The number of halogens is 1. The van der Waals surface area contributed by atoms with Gasteiger partial charge in [0.15, 0.2) is 0 Å². The molecule has 3 rings (SSSR count). The van der Waals surface area contributed by atoms with Crippen molar-refractivity contribution in [2.24, 2.45) is 0 Å². The van der Waals surface area contributed by atoms with E-state index >= 15 is 0 Å². The second-order valence-electron chi connectivity index (χ2n) is 6.13. The Balaban J connectivity index is 1.78. The number of hydrogen-bond donors (Lipinski definition) is 2. The van der Waals surface area contributed by atoms with Crippen LogP contribution in [0.5, 0.6) is 5.75 Å². The summed E-state index contributed by atoms with van der Waals surface area (Å²) in [5, 5.41) is 15.1. The first-order chi connectivity index (χ1) is 12.0. The van der Waals surface area contributed by atoms with Crippen molar-refractivity contribution in [1.82, 2.24) is 5.32 Å². The molecule has 1 heterocycles. The summed E-state index contributed by atoms with van der Waals surface area (Å²) in [6, 6.07) is 11.1. The van der Waals surface area contributed by atoms with E-state index in [9.17, 15) is 9.90 Å². The quantitative estimate of drug-likeness (QED) is 0.533. The normalized spacial score (nSPS) is 11.2. The Hall–Kier alpha value is -2.30. The molecule has 130 valence electrons. The lowest BCUT2D eigenvalue weighted by molar-refractivity contribution is 0.460. The number of benzene rings is 2. The molecule has 0 spiro atoms. The first-order valence-electron chi connectivity index (χ1n) is 8.17. The minimum Gasteiger partial charge on any atom is -0.507 e. The van der Waals surface area contributed by atoms with E-state index in [1.165, 1.54) is 5.56 Å². The van der Waals surface area contributed by atoms with Gasteiger partial charge in [0.1, 0.15) is 11.3 Å². The molecule has 4 nitrogen and oxygen atoms in total. The molecule has 0 saturated carbocycles. The van der Waals surface area contributed by atoms with E-state index in [4.69, 9.17) is 16.0 Å². The summed E-state index contributed by atoms with van der Waals surface area (Å²) in [7, 11) is 0. The van der Waals surface area contributed by atoms with Gasteiger partial charge in [-0.3, -0.25) is 0 Å². The van der Waals surface area contributed by atoms with Crippen molar-refractivity contribution in [3.05, 3.63) is 74.1 Å². The van der Waals surface area contributed by atoms with Gasteiger partial charge < -0.3 is 14.8 Å². The Kier molecular flexibility index (Phi) is 5.11. The molecule has 0 aliphatic carbocycles. The highest BCUT2D eigenvalue weighted by Gasteiger charge is 2.14. The van der Waals surface area contributed by atoms with Gasteiger partial charge in [0.2, 0.25) is 0 Å². The van der Waals surface area contributed by atoms with Crippen molar-refractivity contribution in [1.29, 1.82) is 0 Å². The molecular formula is C20H20ClNO3. The topological polar surface area (TPSA) is 62.5 Å². The van der Waals surface area contributed by atoms with E-state index in [1.54, 1.807) is 19.1 Å². The maximum absolute atomic E-state index is 12.0. The van der Waals surface area contributed by atoms with Gasteiger partial charge in [0.25, 0.3) is 0 Å². The van der Waals surface area contributed by atoms with E-state index in [2.05, 4.69) is 5.32 Å². The van der Waals surface area contributed by atoms with Crippen molar-refractivity contribution in [2.45, 2.75) is 26.8 Å². The maximum atomic E-state index is 12.0. The molecular weight excluding hydrogens is 338 g/mol. The minimum atomic E-state index is -0.363. The molecule has 2 aromatic carbocycles. The van der Waals surface area contributed by atoms with E-state index in [0.29, 0.717) is 23.3 Å². The van der Waals surface area contributed by atoms with Crippen LogP contribution in [0, 0.1) is 13.8 Å². The van der Waals surface area contributed by atoms with Crippen LogP contribution < -0.4 is 10.9 Å². The fourth-order valence-electron chi connectivity index (χ4n) is 2.82. The van der Waals surface area contributed by atoms with Crippen LogP contribution in [0.4, 0.5) is 0 Å². The zero-order valence-corrected chi connectivity index (χ0v) is 15.0. The first-order valence-corrected chi connectivity index (χ1v) is 8.55. The lowest BCUT2D eigenvalue weighted by atomic mass is 10.0. The number of aromatic hydroxyl groups is 1. The molecule has 0 amide bonds. The van der Waals surface area contributed by atoms with Gasteiger partial charge in [-0.05, 0) is 62.2 Å². The molecule has 2 N–H and O–H groups in total. The molecule has 5 heteroatoms. The molecule has 1 aromatic heterocycles. The SMILES string of the molecule is Cc1c(C)c2ccc(O)c(CNCCc3ccc(Cl)cc3)c2oc1=O. The number of fused-ring (bicyclic) bond motifs is 1. The van der Waals surface area contributed by atoms with E-state index in [0.717, 1.165) is 28.9 Å². The van der Waals surface area contributed by atoms with Gasteiger partial charge in [-0.2, -0.15) is 0 Å². The van der Waals surface area contributed by atoms with Gasteiger partial charge in [0, 0.05) is 22.5 Å². The van der Waals surface area contributed by atoms with Crippen LogP contribution in [-0.2, 0) is 13.0 Å². The second kappa shape index (κ2) is 7.30. The molecule has 0 radical (unpaired) electrons. The fraction of sp³-hybridized carbons (Fsp3) is 0.250. The summed E-state index contributed by atoms with van der Waals surface area (Å²) in [6.07, 6.45) is 0.838. The predicted molar refractivity (Wildman–Crippen MR) is 100 cm³/mol. The summed E-state index contributed by atoms with van der Waals surface area (Å²) in [4.78, 5) is 12.0. The van der Waals surface area contributed by atoms with Crippen LogP contribution in [-0.4, -0.2) is 11.7 Å². The molecule has 0 atom stereocenters. The van der Waals surface area contributed by atoms with Gasteiger partial charge >= 0.3 is 5.63 Å². The summed E-state index contributed by atoms with van der Waals surface area (Å²) in [5.41, 5.74) is 3.35. The Labute approximate surface area is 151 Å². The van der Waals surface area contributed by atoms with Crippen LogP contribution in [0.2, 0.25) is 5.02 Å². The lowest BCUT2D eigenvalue weighted by Gasteiger charge is -2.11. The van der Waals surface area contributed by atoms with E-state index < -0.39 is 0 Å². The van der Waals surface area contributed by atoms with Crippen LogP contribution in [0.15, 0.2) is 45.6 Å². The van der Waals surface area contributed by atoms with Crippen molar-refractivity contribution in [3.63, 3.8) is 0 Å². The molecule has 0 bridgehead atoms. The van der Waals surface area contributed by atoms with Gasteiger partial charge in [-0.1, -0.05) is 23.7 Å². The Bertz CT molecular complexity index is 961. The van der Waals surface area contributed by atoms with Crippen molar-refractivity contribution in [3.8, 4) is 5.75 Å². The highest BCUT2D eigenvalue weighted by atomic mass is 35.5. The van der Waals surface area contributed by atoms with Gasteiger partial charge in [-0.25, -0.2) is 4.79 Å². The highest BCUT2D eigenvalue weighted by molar-refractivity contribution is 6.30. The third kappa shape index (κ3) is 3.70. The Morgan fingerprint density at radius 1 is 1.08 bits per heavy atom. The lowest BCUT2D eigenvalue weighted by Crippen LogP contribution is -2.17. The molecule has 0 unspecified atom stereocenters. The van der Waals surface area contributed by atoms with Crippen molar-refractivity contribution >= 4 is 22.6 Å². The third-order valence-electron chi connectivity index (χ3n) is 4.51. The van der Waals surface area contributed by atoms with Crippen LogP contribution in [0.1, 0.15) is 22.3 Å². The number of hydrogen-bond acceptors (Lipinski definition) is 4. The first kappa shape index (κ1) is 17.5. The van der Waals surface area contributed by atoms with Crippen molar-refractivity contribution in [2.75, 3.05) is 6.54 Å². The summed E-state index contributed by atoms with van der Waals surface area (Å²) in [6.45, 7) is 4.79. The average Bonchev–Trinajstić information content (AvgIpc) is 2.60. The van der Waals surface area contributed by atoms with Crippen LogP contribution in [0.25, 0.3) is 11.0 Å². The standard InChI is InChI=1S/C20H20ClNO3/c1-12-13(2)20(24)25-19-16(12)7-8-18(23)17(19)11-22-10-9-14-3-5-15(21)6-4-14/h3-8,22-23H,9-11H2,1-2H3. The Morgan fingerprint density at radius 3 is 2.52 bits per heavy atom. The minimum absolute atomic E-state index is 0.123. The monoisotopic (exact) mass is 357 g/mol. The largest absolute Gasteiger partial charge is 0.507 e. The molecule has 0 aliphatic heterocycles. The maximum Gasteiger partial charge on any atom is 0.339 e. The molecule has 0 fully saturated rings. The molecule has 0 aliphatic rings. The zero-order chi connectivity index (χ0) is 18.0. The molecule has 25 heavy (non-hydrogen) atoms. The zero-order valence-electron chi connectivity index (χ0n) is 14.2.